The average Bonchev–Trinajstić information content (AvgIpc) is 2.99. The molecule has 118 valence electrons. The maximum absolute atomic E-state index is 9.46. The summed E-state index contributed by atoms with van der Waals surface area (Å²) in [6.45, 7) is 1.94. The van der Waals surface area contributed by atoms with Crippen molar-refractivity contribution in [2.24, 2.45) is 0 Å². The molecular formula is C18H20N4O. The molecule has 0 aliphatic rings. The molecule has 0 aliphatic carbocycles. The molecule has 0 fully saturated rings. The maximum Gasteiger partial charge on any atom is 0.152 e. The number of benzene rings is 2. The molecule has 0 saturated carbocycles. The van der Waals surface area contributed by atoms with Gasteiger partial charge in [-0.25, -0.2) is 0 Å². The number of nitrogens with one attached hydrogen (secondary N) is 2. The van der Waals surface area contributed by atoms with Crippen molar-refractivity contribution in [3.63, 3.8) is 0 Å². The molecule has 3 rings (SSSR count). The lowest BCUT2D eigenvalue weighted by Gasteiger charge is -2.12. The van der Waals surface area contributed by atoms with Crippen LogP contribution in [0.2, 0.25) is 0 Å². The normalized spacial score (nSPS) is 10.6. The van der Waals surface area contributed by atoms with Crippen molar-refractivity contribution in [1.29, 1.82) is 0 Å². The summed E-state index contributed by atoms with van der Waals surface area (Å²) in [5.74, 6) is 1.00. The number of anilines is 3. The predicted molar refractivity (Wildman–Crippen MR) is 94.5 cm³/mol. The Balaban J connectivity index is 1.80. The molecule has 3 N–H and O–H groups in total. The molecule has 0 aliphatic heterocycles. The van der Waals surface area contributed by atoms with Gasteiger partial charge in [-0.1, -0.05) is 12.1 Å². The minimum Gasteiger partial charge on any atom is -0.508 e. The summed E-state index contributed by atoms with van der Waals surface area (Å²) in [6, 6.07) is 15.5. The van der Waals surface area contributed by atoms with Crippen LogP contribution < -0.4 is 10.2 Å². The monoisotopic (exact) mass is 308 g/mol. The quantitative estimate of drug-likeness (QED) is 0.640. The number of aromatic amines is 1. The first kappa shape index (κ1) is 15.0. The van der Waals surface area contributed by atoms with Crippen molar-refractivity contribution in [2.75, 3.05) is 24.3 Å². The summed E-state index contributed by atoms with van der Waals surface area (Å²) in [5, 5.41) is 20.1. The Bertz CT molecular complexity index is 806. The van der Waals surface area contributed by atoms with Crippen molar-refractivity contribution in [3.8, 4) is 17.0 Å². The lowest BCUT2D eigenvalue weighted by atomic mass is 10.1. The highest BCUT2D eigenvalue weighted by molar-refractivity contribution is 5.69. The van der Waals surface area contributed by atoms with Crippen molar-refractivity contribution in [1.82, 2.24) is 10.2 Å². The van der Waals surface area contributed by atoms with Crippen molar-refractivity contribution in [2.45, 2.75) is 6.92 Å². The highest BCUT2D eigenvalue weighted by atomic mass is 16.3. The Hall–Kier alpha value is -2.95. The molecule has 0 saturated heterocycles. The number of aromatic nitrogens is 2. The number of hydrogen-bond donors (Lipinski definition) is 3. The van der Waals surface area contributed by atoms with Crippen LogP contribution in [0.1, 0.15) is 5.56 Å². The van der Waals surface area contributed by atoms with Crippen molar-refractivity contribution in [3.05, 3.63) is 54.1 Å². The minimum absolute atomic E-state index is 0.261. The Morgan fingerprint density at radius 2 is 1.78 bits per heavy atom. The van der Waals surface area contributed by atoms with Gasteiger partial charge in [0.1, 0.15) is 5.75 Å². The zero-order valence-corrected chi connectivity index (χ0v) is 13.5. The standard InChI is InChI=1S/C18H20N4O/c1-12-10-15(23)8-9-16(12)19-18-11-17(20-21-18)13-4-6-14(7-5-13)22(2)3/h4-11,23H,1-3H3,(H2,19,20,21). The third kappa shape index (κ3) is 3.29. The first-order valence-electron chi connectivity index (χ1n) is 7.43. The Morgan fingerprint density at radius 3 is 2.43 bits per heavy atom. The van der Waals surface area contributed by atoms with Gasteiger partial charge in [-0.15, -0.1) is 0 Å². The van der Waals surface area contributed by atoms with E-state index < -0.39 is 0 Å². The summed E-state index contributed by atoms with van der Waals surface area (Å²) in [6.07, 6.45) is 0. The smallest absolute Gasteiger partial charge is 0.152 e. The Labute approximate surface area is 135 Å². The van der Waals surface area contributed by atoms with Gasteiger partial charge >= 0.3 is 0 Å². The molecule has 5 nitrogen and oxygen atoms in total. The van der Waals surface area contributed by atoms with Crippen molar-refractivity contribution < 1.29 is 5.11 Å². The van der Waals surface area contributed by atoms with E-state index in [1.807, 2.05) is 33.2 Å². The molecule has 3 aromatic rings. The number of phenolic OH excluding ortho intramolecular Hbond substituents is 1. The van der Waals surface area contributed by atoms with Gasteiger partial charge in [0.05, 0.1) is 5.69 Å². The SMILES string of the molecule is Cc1cc(O)ccc1Nc1cc(-c2ccc(N(C)C)cc2)[nH]n1. The first-order valence-corrected chi connectivity index (χ1v) is 7.43. The summed E-state index contributed by atoms with van der Waals surface area (Å²) in [7, 11) is 4.04. The fourth-order valence-corrected chi connectivity index (χ4v) is 2.40. The second-order valence-electron chi connectivity index (χ2n) is 5.73. The zero-order chi connectivity index (χ0) is 16.4. The largest absolute Gasteiger partial charge is 0.508 e. The van der Waals surface area contributed by atoms with Gasteiger partial charge in [0.2, 0.25) is 0 Å². The molecule has 0 amide bonds. The Kier molecular flexibility index (Phi) is 3.93. The van der Waals surface area contributed by atoms with E-state index in [1.54, 1.807) is 12.1 Å². The van der Waals surface area contributed by atoms with Crippen LogP contribution >= 0.6 is 0 Å². The number of phenols is 1. The molecule has 0 atom stereocenters. The number of H-pyrrole nitrogens is 1. The lowest BCUT2D eigenvalue weighted by Crippen LogP contribution is -2.07. The second kappa shape index (κ2) is 6.04. The lowest BCUT2D eigenvalue weighted by molar-refractivity contribution is 0.475. The Morgan fingerprint density at radius 1 is 1.04 bits per heavy atom. The molecule has 0 radical (unpaired) electrons. The van der Waals surface area contributed by atoms with E-state index in [0.29, 0.717) is 0 Å². The third-order valence-corrected chi connectivity index (χ3v) is 3.75. The van der Waals surface area contributed by atoms with Gasteiger partial charge in [-0.05, 0) is 48.4 Å². The van der Waals surface area contributed by atoms with Gasteiger partial charge in [-0.3, -0.25) is 5.10 Å². The van der Waals surface area contributed by atoms with Gasteiger partial charge < -0.3 is 15.3 Å². The predicted octanol–water partition coefficient (Wildman–Crippen LogP) is 3.90. The average molecular weight is 308 g/mol. The second-order valence-corrected chi connectivity index (χ2v) is 5.73. The van der Waals surface area contributed by atoms with Crippen LogP contribution in [0.4, 0.5) is 17.2 Å². The number of aryl methyl sites for hydroxylation is 1. The number of nitrogens with zero attached hydrogens (tertiary/aromatic N) is 2. The van der Waals surface area contributed by atoms with Gasteiger partial charge in [-0.2, -0.15) is 5.10 Å². The molecule has 1 heterocycles. The van der Waals surface area contributed by atoms with E-state index in [4.69, 9.17) is 0 Å². The number of aromatic hydroxyl groups is 1. The topological polar surface area (TPSA) is 64.2 Å². The molecule has 2 aromatic carbocycles. The van der Waals surface area contributed by atoms with Crippen LogP contribution in [0.15, 0.2) is 48.5 Å². The van der Waals surface area contributed by atoms with Crippen LogP contribution in [0, 0.1) is 6.92 Å². The van der Waals surface area contributed by atoms with Crippen LogP contribution in [-0.4, -0.2) is 29.4 Å². The summed E-state index contributed by atoms with van der Waals surface area (Å²) in [5.41, 5.74) is 5.08. The van der Waals surface area contributed by atoms with Crippen LogP contribution in [0.25, 0.3) is 11.3 Å². The van der Waals surface area contributed by atoms with E-state index in [1.165, 1.54) is 0 Å². The molecular weight excluding hydrogens is 288 g/mol. The van der Waals surface area contributed by atoms with E-state index >= 15 is 0 Å². The molecule has 0 bridgehead atoms. The molecule has 23 heavy (non-hydrogen) atoms. The minimum atomic E-state index is 0.261. The summed E-state index contributed by atoms with van der Waals surface area (Å²) < 4.78 is 0. The van der Waals surface area contributed by atoms with Gasteiger partial charge in [0.15, 0.2) is 5.82 Å². The van der Waals surface area contributed by atoms with E-state index in [-0.39, 0.29) is 5.75 Å². The highest BCUT2D eigenvalue weighted by Gasteiger charge is 2.06. The van der Waals surface area contributed by atoms with E-state index in [9.17, 15) is 5.11 Å². The van der Waals surface area contributed by atoms with Gasteiger partial charge in [0, 0.05) is 31.5 Å². The maximum atomic E-state index is 9.46. The first-order chi connectivity index (χ1) is 11.0. The number of rotatable bonds is 4. The summed E-state index contributed by atoms with van der Waals surface area (Å²) >= 11 is 0. The van der Waals surface area contributed by atoms with Crippen LogP contribution in [0.3, 0.4) is 0 Å². The summed E-state index contributed by atoms with van der Waals surface area (Å²) in [4.78, 5) is 2.07. The van der Waals surface area contributed by atoms with Crippen LogP contribution in [0.5, 0.6) is 5.75 Å². The molecule has 5 heteroatoms. The molecule has 0 spiro atoms. The fourth-order valence-electron chi connectivity index (χ4n) is 2.40. The van der Waals surface area contributed by atoms with Gasteiger partial charge in [0.25, 0.3) is 0 Å². The fraction of sp³-hybridized carbons (Fsp3) is 0.167. The molecule has 0 unspecified atom stereocenters. The molecule has 1 aromatic heterocycles. The van der Waals surface area contributed by atoms with Crippen molar-refractivity contribution >= 4 is 17.2 Å². The van der Waals surface area contributed by atoms with E-state index in [0.717, 1.165) is 34.0 Å². The highest BCUT2D eigenvalue weighted by Crippen LogP contribution is 2.26. The van der Waals surface area contributed by atoms with E-state index in [2.05, 4.69) is 44.7 Å². The van der Waals surface area contributed by atoms with Crippen LogP contribution in [-0.2, 0) is 0 Å². The number of hydrogen-bond acceptors (Lipinski definition) is 4. The third-order valence-electron chi connectivity index (χ3n) is 3.75. The zero-order valence-electron chi connectivity index (χ0n) is 13.5.